The lowest BCUT2D eigenvalue weighted by atomic mass is 10.2. The van der Waals surface area contributed by atoms with Crippen molar-refractivity contribution < 1.29 is 14.3 Å². The van der Waals surface area contributed by atoms with Crippen molar-refractivity contribution in [3.63, 3.8) is 0 Å². The van der Waals surface area contributed by atoms with Crippen LogP contribution < -0.4 is 15.4 Å². The van der Waals surface area contributed by atoms with Crippen LogP contribution in [0, 0.1) is 6.92 Å². The monoisotopic (exact) mass is 344 g/mol. The van der Waals surface area contributed by atoms with E-state index in [0.29, 0.717) is 48.5 Å². The van der Waals surface area contributed by atoms with Gasteiger partial charge in [0.2, 0.25) is 0 Å². The standard InChI is InChI=1S/C18H24N4O3/c1-4-25-16-9-6-5-8-14(16)22-18(23)15-12-17(21-13(2)20-15)19-10-7-11-24-3/h5-6,8-9,12H,4,7,10-11H2,1-3H3,(H,22,23)(H,19,20,21). The summed E-state index contributed by atoms with van der Waals surface area (Å²) < 4.78 is 10.5. The molecule has 0 spiro atoms. The van der Waals surface area contributed by atoms with E-state index < -0.39 is 0 Å². The molecule has 2 N–H and O–H groups in total. The number of aryl methyl sites for hydroxylation is 1. The Morgan fingerprint density at radius 3 is 2.80 bits per heavy atom. The summed E-state index contributed by atoms with van der Waals surface area (Å²) in [4.78, 5) is 21.1. The molecule has 0 aliphatic heterocycles. The van der Waals surface area contributed by atoms with Crippen LogP contribution in [0.2, 0.25) is 0 Å². The molecule has 0 aliphatic rings. The summed E-state index contributed by atoms with van der Waals surface area (Å²) >= 11 is 0. The maximum absolute atomic E-state index is 12.5. The summed E-state index contributed by atoms with van der Waals surface area (Å²) in [6.07, 6.45) is 0.850. The fraction of sp³-hybridized carbons (Fsp3) is 0.389. The fourth-order valence-corrected chi connectivity index (χ4v) is 2.25. The summed E-state index contributed by atoms with van der Waals surface area (Å²) in [5, 5.41) is 6.02. The van der Waals surface area contributed by atoms with Crippen LogP contribution in [0.3, 0.4) is 0 Å². The Hall–Kier alpha value is -2.67. The summed E-state index contributed by atoms with van der Waals surface area (Å²) in [7, 11) is 1.66. The van der Waals surface area contributed by atoms with E-state index in [4.69, 9.17) is 9.47 Å². The van der Waals surface area contributed by atoms with Crippen LogP contribution in [0.1, 0.15) is 29.7 Å². The van der Waals surface area contributed by atoms with Crippen molar-refractivity contribution in [3.8, 4) is 5.75 Å². The fourth-order valence-electron chi connectivity index (χ4n) is 2.25. The predicted octanol–water partition coefficient (Wildman–Crippen LogP) is 2.88. The Morgan fingerprint density at radius 2 is 2.04 bits per heavy atom. The van der Waals surface area contributed by atoms with Gasteiger partial charge in [0.15, 0.2) is 0 Å². The normalized spacial score (nSPS) is 10.4. The van der Waals surface area contributed by atoms with Gasteiger partial charge >= 0.3 is 0 Å². The van der Waals surface area contributed by atoms with Crippen LogP contribution in [0.5, 0.6) is 5.75 Å². The number of amides is 1. The third kappa shape index (κ3) is 5.72. The molecule has 1 heterocycles. The first-order valence-electron chi connectivity index (χ1n) is 8.25. The molecule has 1 aromatic heterocycles. The molecule has 0 unspecified atom stereocenters. The van der Waals surface area contributed by atoms with Crippen LogP contribution in [-0.2, 0) is 4.74 Å². The van der Waals surface area contributed by atoms with Gasteiger partial charge in [-0.15, -0.1) is 0 Å². The average Bonchev–Trinajstić information content (AvgIpc) is 2.60. The Balaban J connectivity index is 2.10. The van der Waals surface area contributed by atoms with E-state index >= 15 is 0 Å². The highest BCUT2D eigenvalue weighted by Crippen LogP contribution is 2.24. The smallest absolute Gasteiger partial charge is 0.274 e. The quantitative estimate of drug-likeness (QED) is 0.680. The third-order valence-corrected chi connectivity index (χ3v) is 3.34. The molecule has 2 aromatic rings. The minimum Gasteiger partial charge on any atom is -0.492 e. The van der Waals surface area contributed by atoms with Gasteiger partial charge in [0.05, 0.1) is 12.3 Å². The first-order valence-corrected chi connectivity index (χ1v) is 8.25. The summed E-state index contributed by atoms with van der Waals surface area (Å²) in [5.41, 5.74) is 0.910. The van der Waals surface area contributed by atoms with E-state index in [2.05, 4.69) is 20.6 Å². The van der Waals surface area contributed by atoms with E-state index in [1.54, 1.807) is 26.2 Å². The molecule has 7 nitrogen and oxygen atoms in total. The van der Waals surface area contributed by atoms with Crippen LogP contribution >= 0.6 is 0 Å². The lowest BCUT2D eigenvalue weighted by Crippen LogP contribution is -2.17. The van der Waals surface area contributed by atoms with Crippen molar-refractivity contribution >= 4 is 17.4 Å². The zero-order valence-corrected chi connectivity index (χ0v) is 14.8. The molecular weight excluding hydrogens is 320 g/mol. The Bertz CT molecular complexity index is 706. The molecule has 134 valence electrons. The molecule has 0 bridgehead atoms. The number of aromatic nitrogens is 2. The second kappa shape index (κ2) is 9.58. The van der Waals surface area contributed by atoms with Gasteiger partial charge < -0.3 is 20.1 Å². The number of rotatable bonds is 9. The summed E-state index contributed by atoms with van der Waals surface area (Å²) in [6, 6.07) is 8.94. The summed E-state index contributed by atoms with van der Waals surface area (Å²) in [5.74, 6) is 1.46. The molecule has 0 atom stereocenters. The van der Waals surface area contributed by atoms with Gasteiger partial charge in [-0.2, -0.15) is 0 Å². The molecule has 1 amide bonds. The molecule has 25 heavy (non-hydrogen) atoms. The average molecular weight is 344 g/mol. The number of anilines is 2. The largest absolute Gasteiger partial charge is 0.492 e. The predicted molar refractivity (Wildman–Crippen MR) is 97.3 cm³/mol. The molecule has 2 rings (SSSR count). The van der Waals surface area contributed by atoms with Gasteiger partial charge in [-0.05, 0) is 32.4 Å². The van der Waals surface area contributed by atoms with Crippen molar-refractivity contribution in [1.29, 1.82) is 0 Å². The Morgan fingerprint density at radius 1 is 1.24 bits per heavy atom. The van der Waals surface area contributed by atoms with Crippen molar-refractivity contribution in [2.24, 2.45) is 0 Å². The second-order valence-corrected chi connectivity index (χ2v) is 5.34. The lowest BCUT2D eigenvalue weighted by molar-refractivity contribution is 0.102. The van der Waals surface area contributed by atoms with Gasteiger partial charge in [0.1, 0.15) is 23.1 Å². The van der Waals surface area contributed by atoms with Crippen molar-refractivity contribution in [2.45, 2.75) is 20.3 Å². The van der Waals surface area contributed by atoms with Gasteiger partial charge in [-0.25, -0.2) is 9.97 Å². The maximum Gasteiger partial charge on any atom is 0.274 e. The zero-order valence-electron chi connectivity index (χ0n) is 14.8. The number of ether oxygens (including phenoxy) is 2. The highest BCUT2D eigenvalue weighted by molar-refractivity contribution is 6.04. The number of hydrogen-bond donors (Lipinski definition) is 2. The number of nitrogens with one attached hydrogen (secondary N) is 2. The zero-order chi connectivity index (χ0) is 18.1. The minimum absolute atomic E-state index is 0.299. The van der Waals surface area contributed by atoms with E-state index in [0.717, 1.165) is 6.42 Å². The number of benzene rings is 1. The van der Waals surface area contributed by atoms with Gasteiger partial charge in [-0.3, -0.25) is 4.79 Å². The molecule has 0 aliphatic carbocycles. The molecule has 0 fully saturated rings. The number of para-hydroxylation sites is 2. The van der Waals surface area contributed by atoms with E-state index in [1.807, 2.05) is 25.1 Å². The SMILES string of the molecule is CCOc1ccccc1NC(=O)c1cc(NCCCOC)nc(C)n1. The summed E-state index contributed by atoms with van der Waals surface area (Å²) in [6.45, 7) is 5.55. The maximum atomic E-state index is 12.5. The van der Waals surface area contributed by atoms with E-state index in [1.165, 1.54) is 0 Å². The number of carbonyl (C=O) groups excluding carboxylic acids is 1. The number of hydrogen-bond acceptors (Lipinski definition) is 6. The Labute approximate surface area is 147 Å². The topological polar surface area (TPSA) is 85.4 Å². The lowest BCUT2D eigenvalue weighted by Gasteiger charge is -2.12. The molecular formula is C18H24N4O3. The van der Waals surface area contributed by atoms with E-state index in [-0.39, 0.29) is 5.91 Å². The highest BCUT2D eigenvalue weighted by Gasteiger charge is 2.13. The first kappa shape index (κ1) is 18.7. The van der Waals surface area contributed by atoms with Crippen LogP contribution in [0.25, 0.3) is 0 Å². The number of nitrogens with zero attached hydrogens (tertiary/aromatic N) is 2. The van der Waals surface area contributed by atoms with Crippen molar-refractivity contribution in [2.75, 3.05) is 37.5 Å². The van der Waals surface area contributed by atoms with Crippen LogP contribution in [-0.4, -0.2) is 42.7 Å². The van der Waals surface area contributed by atoms with Crippen LogP contribution in [0.15, 0.2) is 30.3 Å². The van der Waals surface area contributed by atoms with Gasteiger partial charge in [0, 0.05) is 26.3 Å². The highest BCUT2D eigenvalue weighted by atomic mass is 16.5. The van der Waals surface area contributed by atoms with Crippen molar-refractivity contribution in [3.05, 3.63) is 41.9 Å². The Kier molecular flexibility index (Phi) is 7.16. The van der Waals surface area contributed by atoms with Crippen molar-refractivity contribution in [1.82, 2.24) is 9.97 Å². The molecule has 0 saturated carbocycles. The van der Waals surface area contributed by atoms with Crippen LogP contribution in [0.4, 0.5) is 11.5 Å². The van der Waals surface area contributed by atoms with E-state index in [9.17, 15) is 4.79 Å². The molecule has 7 heteroatoms. The second-order valence-electron chi connectivity index (χ2n) is 5.34. The minimum atomic E-state index is -0.308. The molecule has 0 saturated heterocycles. The molecule has 1 aromatic carbocycles. The number of carbonyl (C=O) groups is 1. The third-order valence-electron chi connectivity index (χ3n) is 3.34. The molecule has 0 radical (unpaired) electrons. The first-order chi connectivity index (χ1) is 12.1. The van der Waals surface area contributed by atoms with Gasteiger partial charge in [0.25, 0.3) is 5.91 Å². The van der Waals surface area contributed by atoms with Gasteiger partial charge in [-0.1, -0.05) is 12.1 Å². The number of methoxy groups -OCH3 is 1.